The highest BCUT2D eigenvalue weighted by Crippen LogP contribution is 2.30. The minimum Gasteiger partial charge on any atom is -0.497 e. The van der Waals surface area contributed by atoms with Gasteiger partial charge in [0.1, 0.15) is 18.3 Å². The highest BCUT2D eigenvalue weighted by molar-refractivity contribution is 7.92. The number of hydrogen-bond acceptors (Lipinski definition) is 5. The Labute approximate surface area is 257 Å². The normalized spacial score (nSPS) is 14.3. The second kappa shape index (κ2) is 13.8. The third-order valence-electron chi connectivity index (χ3n) is 7.49. The molecule has 4 rings (SSSR count). The maximum atomic E-state index is 14.1. The van der Waals surface area contributed by atoms with Crippen LogP contribution in [-0.4, -0.2) is 50.9 Å². The summed E-state index contributed by atoms with van der Waals surface area (Å²) in [6.07, 6.45) is 3.81. The predicted octanol–water partition coefficient (Wildman–Crippen LogP) is 5.98. The van der Waals surface area contributed by atoms with Gasteiger partial charge in [-0.1, -0.05) is 65.9 Å². The Hall–Kier alpha value is -3.27. The SMILES string of the molecule is COc1cccc(N(CC(=O)N(Cc2c(Cl)cccc2Cl)[C@H](C)C(=O)NC2CCCC2)S(=O)(=O)c2ccc(C)cc2)c1. The molecule has 0 bridgehead atoms. The molecular formula is C31H35Cl2N3O5S. The lowest BCUT2D eigenvalue weighted by molar-refractivity contribution is -0.139. The standard InChI is InChI=1S/C31H35Cl2N3O5S/c1-21-14-16-26(17-15-21)42(39,40)36(24-10-6-11-25(18-24)41-3)20-30(37)35(19-27-28(32)12-7-13-29(27)33)22(2)31(38)34-23-8-4-5-9-23/h6-7,10-18,22-23H,4-5,8-9,19-20H2,1-3H3,(H,34,38)/t22-/m1/s1. The molecule has 0 saturated heterocycles. The van der Waals surface area contributed by atoms with Crippen molar-refractivity contribution in [1.29, 1.82) is 0 Å². The van der Waals surface area contributed by atoms with E-state index in [-0.39, 0.29) is 29.1 Å². The highest BCUT2D eigenvalue weighted by atomic mass is 35.5. The molecule has 0 radical (unpaired) electrons. The van der Waals surface area contributed by atoms with Gasteiger partial charge in [-0.05, 0) is 63.1 Å². The van der Waals surface area contributed by atoms with Crippen molar-refractivity contribution >= 4 is 50.7 Å². The minimum absolute atomic E-state index is 0.0245. The number of sulfonamides is 1. The molecule has 11 heteroatoms. The quantitative estimate of drug-likeness (QED) is 0.281. The van der Waals surface area contributed by atoms with Crippen molar-refractivity contribution in [2.45, 2.75) is 63.1 Å². The molecule has 1 aliphatic rings. The van der Waals surface area contributed by atoms with Crippen molar-refractivity contribution in [3.63, 3.8) is 0 Å². The molecule has 3 aromatic rings. The van der Waals surface area contributed by atoms with Crippen molar-refractivity contribution in [1.82, 2.24) is 10.2 Å². The van der Waals surface area contributed by atoms with Crippen LogP contribution in [0.3, 0.4) is 0 Å². The molecular weight excluding hydrogens is 597 g/mol. The summed E-state index contributed by atoms with van der Waals surface area (Å²) >= 11 is 12.9. The number of halogens is 2. The van der Waals surface area contributed by atoms with Crippen molar-refractivity contribution in [3.8, 4) is 5.75 Å². The lowest BCUT2D eigenvalue weighted by Gasteiger charge is -2.33. The van der Waals surface area contributed by atoms with E-state index in [0.717, 1.165) is 35.6 Å². The Kier molecular flexibility index (Phi) is 10.4. The van der Waals surface area contributed by atoms with Gasteiger partial charge in [0.15, 0.2) is 0 Å². The number of carbonyl (C=O) groups excluding carboxylic acids is 2. The van der Waals surface area contributed by atoms with Gasteiger partial charge in [-0.3, -0.25) is 13.9 Å². The van der Waals surface area contributed by atoms with E-state index >= 15 is 0 Å². The average molecular weight is 633 g/mol. The summed E-state index contributed by atoms with van der Waals surface area (Å²) in [4.78, 5) is 28.9. The van der Waals surface area contributed by atoms with Gasteiger partial charge < -0.3 is 15.0 Å². The Bertz CT molecular complexity index is 1510. The van der Waals surface area contributed by atoms with Crippen molar-refractivity contribution in [2.24, 2.45) is 0 Å². The summed E-state index contributed by atoms with van der Waals surface area (Å²) in [6, 6.07) is 17.0. The zero-order valence-corrected chi connectivity index (χ0v) is 26.2. The number of hydrogen-bond donors (Lipinski definition) is 1. The van der Waals surface area contributed by atoms with E-state index in [1.165, 1.54) is 24.1 Å². The van der Waals surface area contributed by atoms with Gasteiger partial charge >= 0.3 is 0 Å². The topological polar surface area (TPSA) is 96.0 Å². The molecule has 0 aromatic heterocycles. The number of anilines is 1. The Balaban J connectivity index is 1.73. The summed E-state index contributed by atoms with van der Waals surface area (Å²) in [5.74, 6) is -0.501. The first-order chi connectivity index (χ1) is 20.0. The van der Waals surface area contributed by atoms with Crippen LogP contribution in [0.5, 0.6) is 5.75 Å². The molecule has 1 atom stereocenters. The molecule has 2 amide bonds. The molecule has 1 fully saturated rings. The molecule has 0 unspecified atom stereocenters. The number of benzene rings is 3. The molecule has 0 heterocycles. The van der Waals surface area contributed by atoms with Crippen molar-refractivity contribution in [3.05, 3.63) is 87.9 Å². The minimum atomic E-state index is -4.20. The molecule has 42 heavy (non-hydrogen) atoms. The Morgan fingerprint density at radius 1 is 1.00 bits per heavy atom. The van der Waals surface area contributed by atoms with Gasteiger partial charge in [0.2, 0.25) is 11.8 Å². The summed E-state index contributed by atoms with van der Waals surface area (Å²) in [7, 11) is -2.73. The first-order valence-electron chi connectivity index (χ1n) is 13.8. The number of aryl methyl sites for hydroxylation is 1. The van der Waals surface area contributed by atoms with Crippen LogP contribution in [0.15, 0.2) is 71.6 Å². The molecule has 1 N–H and O–H groups in total. The predicted molar refractivity (Wildman–Crippen MR) is 166 cm³/mol. The Morgan fingerprint density at radius 3 is 2.24 bits per heavy atom. The van der Waals surface area contributed by atoms with Crippen LogP contribution in [0.25, 0.3) is 0 Å². The zero-order chi connectivity index (χ0) is 30.4. The summed E-state index contributed by atoms with van der Waals surface area (Å²) in [5, 5.41) is 3.71. The second-order valence-corrected chi connectivity index (χ2v) is 13.1. The molecule has 1 saturated carbocycles. The third kappa shape index (κ3) is 7.38. The average Bonchev–Trinajstić information content (AvgIpc) is 3.48. The number of nitrogens with one attached hydrogen (secondary N) is 1. The first-order valence-corrected chi connectivity index (χ1v) is 16.0. The van der Waals surface area contributed by atoms with Gasteiger partial charge in [0, 0.05) is 34.3 Å². The van der Waals surface area contributed by atoms with E-state index in [1.807, 2.05) is 6.92 Å². The number of methoxy groups -OCH3 is 1. The van der Waals surface area contributed by atoms with E-state index in [9.17, 15) is 18.0 Å². The van der Waals surface area contributed by atoms with Crippen LogP contribution in [0.4, 0.5) is 5.69 Å². The lowest BCUT2D eigenvalue weighted by atomic mass is 10.1. The maximum absolute atomic E-state index is 14.1. The van der Waals surface area contributed by atoms with Crippen LogP contribution in [-0.2, 0) is 26.2 Å². The van der Waals surface area contributed by atoms with E-state index in [2.05, 4.69) is 5.32 Å². The number of rotatable bonds is 11. The highest BCUT2D eigenvalue weighted by Gasteiger charge is 2.34. The summed E-state index contributed by atoms with van der Waals surface area (Å²) in [6.45, 7) is 2.81. The monoisotopic (exact) mass is 631 g/mol. The third-order valence-corrected chi connectivity index (χ3v) is 9.98. The molecule has 0 spiro atoms. The maximum Gasteiger partial charge on any atom is 0.264 e. The summed E-state index contributed by atoms with van der Waals surface area (Å²) < 4.78 is 34.4. The fraction of sp³-hybridized carbons (Fsp3) is 0.355. The molecule has 8 nitrogen and oxygen atoms in total. The molecule has 224 valence electrons. The van der Waals surface area contributed by atoms with Gasteiger partial charge in [0.05, 0.1) is 17.7 Å². The molecule has 0 aliphatic heterocycles. The van der Waals surface area contributed by atoms with Crippen LogP contribution in [0.1, 0.15) is 43.7 Å². The lowest BCUT2D eigenvalue weighted by Crippen LogP contribution is -2.52. The zero-order valence-electron chi connectivity index (χ0n) is 23.8. The summed E-state index contributed by atoms with van der Waals surface area (Å²) in [5.41, 5.74) is 1.59. The van der Waals surface area contributed by atoms with E-state index in [4.69, 9.17) is 27.9 Å². The number of carbonyl (C=O) groups is 2. The largest absolute Gasteiger partial charge is 0.497 e. The van der Waals surface area contributed by atoms with Gasteiger partial charge in [-0.15, -0.1) is 0 Å². The number of amides is 2. The molecule has 1 aliphatic carbocycles. The van der Waals surface area contributed by atoms with Gasteiger partial charge in [-0.2, -0.15) is 0 Å². The fourth-order valence-electron chi connectivity index (χ4n) is 4.96. The molecule has 3 aromatic carbocycles. The van der Waals surface area contributed by atoms with Crippen molar-refractivity contribution in [2.75, 3.05) is 18.0 Å². The number of ether oxygens (including phenoxy) is 1. The van der Waals surface area contributed by atoms with Gasteiger partial charge in [0.25, 0.3) is 10.0 Å². The van der Waals surface area contributed by atoms with Crippen LogP contribution in [0.2, 0.25) is 10.0 Å². The van der Waals surface area contributed by atoms with E-state index in [1.54, 1.807) is 61.5 Å². The Morgan fingerprint density at radius 2 is 1.62 bits per heavy atom. The van der Waals surface area contributed by atoms with E-state index < -0.39 is 28.5 Å². The second-order valence-electron chi connectivity index (χ2n) is 10.4. The van der Waals surface area contributed by atoms with Crippen LogP contribution >= 0.6 is 23.2 Å². The van der Waals surface area contributed by atoms with Crippen LogP contribution in [0, 0.1) is 6.92 Å². The van der Waals surface area contributed by atoms with Crippen LogP contribution < -0.4 is 14.4 Å². The van der Waals surface area contributed by atoms with Gasteiger partial charge in [-0.25, -0.2) is 8.42 Å². The van der Waals surface area contributed by atoms with E-state index in [0.29, 0.717) is 21.4 Å². The first kappa shape index (κ1) is 31.7. The van der Waals surface area contributed by atoms with Crippen molar-refractivity contribution < 1.29 is 22.7 Å². The number of nitrogens with zero attached hydrogens (tertiary/aromatic N) is 2. The fourth-order valence-corrected chi connectivity index (χ4v) is 6.88. The smallest absolute Gasteiger partial charge is 0.264 e.